The second-order valence-electron chi connectivity index (χ2n) is 4.67. The lowest BCUT2D eigenvalue weighted by molar-refractivity contribution is -0.118. The maximum atomic E-state index is 11.3. The van der Waals surface area contributed by atoms with E-state index in [1.807, 2.05) is 13.0 Å². The fraction of sp³-hybridized carbons (Fsp3) is 0.562. The average molecular weight is 247 g/mol. The number of anilines is 1. The normalized spacial score (nSPS) is 10.3. The summed E-state index contributed by atoms with van der Waals surface area (Å²) in [4.78, 5) is 13.7. The van der Waals surface area contributed by atoms with Crippen LogP contribution in [0.15, 0.2) is 30.3 Å². The quantitative estimate of drug-likeness (QED) is 0.656. The van der Waals surface area contributed by atoms with Crippen molar-refractivity contribution in [2.24, 2.45) is 0 Å². The number of hydrogen-bond donors (Lipinski definition) is 0. The third-order valence-corrected chi connectivity index (χ3v) is 3.18. The van der Waals surface area contributed by atoms with E-state index < -0.39 is 0 Å². The van der Waals surface area contributed by atoms with Gasteiger partial charge in [-0.1, -0.05) is 38.5 Å². The van der Waals surface area contributed by atoms with Gasteiger partial charge in [0.25, 0.3) is 0 Å². The molecule has 0 bridgehead atoms. The molecule has 0 heterocycles. The highest BCUT2D eigenvalue weighted by Crippen LogP contribution is 2.15. The molecule has 0 N–H and O–H groups in total. The molecular weight excluding hydrogens is 222 g/mol. The van der Waals surface area contributed by atoms with Crippen LogP contribution in [-0.2, 0) is 4.79 Å². The molecule has 0 aromatic heterocycles. The van der Waals surface area contributed by atoms with Crippen LogP contribution in [-0.4, -0.2) is 18.9 Å². The number of Topliss-reactive ketones (excluding diaryl/α,β-unsaturated/α-hetero) is 1. The summed E-state index contributed by atoms with van der Waals surface area (Å²) in [6, 6.07) is 10.5. The Kier molecular flexibility index (Phi) is 7.16. The Labute approximate surface area is 111 Å². The standard InChI is InChI=1S/C16H25NO/c1-3-5-13-17(14-9-12-16(18)4-2)15-10-7-6-8-11-15/h6-8,10-11H,3-5,9,12-14H2,1-2H3. The molecule has 100 valence electrons. The van der Waals surface area contributed by atoms with Gasteiger partial charge >= 0.3 is 0 Å². The summed E-state index contributed by atoms with van der Waals surface area (Å²) in [5.74, 6) is 0.374. The number of carbonyl (C=O) groups is 1. The zero-order chi connectivity index (χ0) is 13.2. The summed E-state index contributed by atoms with van der Waals surface area (Å²) in [6.07, 6.45) is 4.76. The molecule has 0 aliphatic rings. The SMILES string of the molecule is CCCCN(CCCC(=O)CC)c1ccccc1. The predicted molar refractivity (Wildman–Crippen MR) is 78.1 cm³/mol. The molecule has 0 fully saturated rings. The maximum Gasteiger partial charge on any atom is 0.132 e. The Hall–Kier alpha value is -1.31. The first-order chi connectivity index (χ1) is 8.77. The lowest BCUT2D eigenvalue weighted by Gasteiger charge is -2.24. The zero-order valence-corrected chi connectivity index (χ0v) is 11.7. The summed E-state index contributed by atoms with van der Waals surface area (Å²) >= 11 is 0. The summed E-state index contributed by atoms with van der Waals surface area (Å²) in [7, 11) is 0. The van der Waals surface area contributed by atoms with E-state index in [0.29, 0.717) is 18.6 Å². The van der Waals surface area contributed by atoms with Gasteiger partial charge in [-0.25, -0.2) is 0 Å². The fourth-order valence-corrected chi connectivity index (χ4v) is 2.00. The minimum Gasteiger partial charge on any atom is -0.372 e. The molecule has 2 heteroatoms. The highest BCUT2D eigenvalue weighted by Gasteiger charge is 2.06. The molecule has 0 amide bonds. The third kappa shape index (κ3) is 5.35. The van der Waals surface area contributed by atoms with E-state index in [9.17, 15) is 4.79 Å². The molecule has 0 radical (unpaired) electrons. The first-order valence-electron chi connectivity index (χ1n) is 7.09. The van der Waals surface area contributed by atoms with Gasteiger partial charge < -0.3 is 4.90 Å². The third-order valence-electron chi connectivity index (χ3n) is 3.18. The summed E-state index contributed by atoms with van der Waals surface area (Å²) in [5.41, 5.74) is 1.27. The van der Waals surface area contributed by atoms with Gasteiger partial charge in [0.05, 0.1) is 0 Å². The van der Waals surface area contributed by atoms with E-state index in [1.165, 1.54) is 18.5 Å². The number of nitrogens with zero attached hydrogens (tertiary/aromatic N) is 1. The largest absolute Gasteiger partial charge is 0.372 e. The number of unbranched alkanes of at least 4 members (excludes halogenated alkanes) is 1. The smallest absolute Gasteiger partial charge is 0.132 e. The molecular formula is C16H25NO. The summed E-state index contributed by atoms with van der Waals surface area (Å²) in [5, 5.41) is 0. The van der Waals surface area contributed by atoms with Gasteiger partial charge in [0, 0.05) is 31.6 Å². The van der Waals surface area contributed by atoms with Crippen molar-refractivity contribution in [1.29, 1.82) is 0 Å². The van der Waals surface area contributed by atoms with Gasteiger partial charge in [-0.05, 0) is 25.0 Å². The fourth-order valence-electron chi connectivity index (χ4n) is 2.00. The van der Waals surface area contributed by atoms with Gasteiger partial charge in [0.1, 0.15) is 5.78 Å². The van der Waals surface area contributed by atoms with Crippen LogP contribution in [0, 0.1) is 0 Å². The molecule has 0 spiro atoms. The van der Waals surface area contributed by atoms with Crippen LogP contribution in [0.3, 0.4) is 0 Å². The lowest BCUT2D eigenvalue weighted by atomic mass is 10.1. The molecule has 0 saturated carbocycles. The Morgan fingerprint density at radius 2 is 1.72 bits per heavy atom. The average Bonchev–Trinajstić information content (AvgIpc) is 2.43. The van der Waals surface area contributed by atoms with E-state index in [4.69, 9.17) is 0 Å². The molecule has 1 rings (SSSR count). The van der Waals surface area contributed by atoms with Crippen molar-refractivity contribution in [2.75, 3.05) is 18.0 Å². The summed E-state index contributed by atoms with van der Waals surface area (Å²) in [6.45, 7) is 6.22. The molecule has 0 atom stereocenters. The Bertz CT molecular complexity index is 334. The van der Waals surface area contributed by atoms with Crippen molar-refractivity contribution in [3.8, 4) is 0 Å². The van der Waals surface area contributed by atoms with Crippen LogP contribution in [0.2, 0.25) is 0 Å². The highest BCUT2D eigenvalue weighted by atomic mass is 16.1. The zero-order valence-electron chi connectivity index (χ0n) is 11.7. The van der Waals surface area contributed by atoms with Crippen molar-refractivity contribution in [3.05, 3.63) is 30.3 Å². The van der Waals surface area contributed by atoms with E-state index in [1.54, 1.807) is 0 Å². The number of para-hydroxylation sites is 1. The highest BCUT2D eigenvalue weighted by molar-refractivity contribution is 5.77. The van der Waals surface area contributed by atoms with Crippen molar-refractivity contribution >= 4 is 11.5 Å². The van der Waals surface area contributed by atoms with E-state index in [-0.39, 0.29) is 0 Å². The monoisotopic (exact) mass is 247 g/mol. The summed E-state index contributed by atoms with van der Waals surface area (Å²) < 4.78 is 0. The molecule has 0 saturated heterocycles. The lowest BCUT2D eigenvalue weighted by Crippen LogP contribution is -2.26. The molecule has 2 nitrogen and oxygen atoms in total. The van der Waals surface area contributed by atoms with E-state index >= 15 is 0 Å². The molecule has 0 aliphatic carbocycles. The van der Waals surface area contributed by atoms with E-state index in [2.05, 4.69) is 36.1 Å². The number of benzene rings is 1. The topological polar surface area (TPSA) is 20.3 Å². The van der Waals surface area contributed by atoms with Crippen LogP contribution < -0.4 is 4.90 Å². The first kappa shape index (κ1) is 14.7. The van der Waals surface area contributed by atoms with E-state index in [0.717, 1.165) is 19.5 Å². The molecule has 0 unspecified atom stereocenters. The second kappa shape index (κ2) is 8.73. The predicted octanol–water partition coefficient (Wildman–Crippen LogP) is 4.05. The minimum absolute atomic E-state index is 0.374. The molecule has 18 heavy (non-hydrogen) atoms. The van der Waals surface area contributed by atoms with Gasteiger partial charge in [-0.2, -0.15) is 0 Å². The van der Waals surface area contributed by atoms with Gasteiger partial charge in [0.15, 0.2) is 0 Å². The Morgan fingerprint density at radius 3 is 2.33 bits per heavy atom. The van der Waals surface area contributed by atoms with Crippen molar-refractivity contribution in [1.82, 2.24) is 0 Å². The van der Waals surface area contributed by atoms with Gasteiger partial charge in [-0.3, -0.25) is 4.79 Å². The Morgan fingerprint density at radius 1 is 1.06 bits per heavy atom. The van der Waals surface area contributed by atoms with Gasteiger partial charge in [-0.15, -0.1) is 0 Å². The second-order valence-corrected chi connectivity index (χ2v) is 4.67. The van der Waals surface area contributed by atoms with Crippen LogP contribution in [0.5, 0.6) is 0 Å². The first-order valence-corrected chi connectivity index (χ1v) is 7.09. The van der Waals surface area contributed by atoms with Crippen molar-refractivity contribution < 1.29 is 4.79 Å². The molecule has 0 aliphatic heterocycles. The van der Waals surface area contributed by atoms with Crippen LogP contribution in [0.25, 0.3) is 0 Å². The maximum absolute atomic E-state index is 11.3. The van der Waals surface area contributed by atoms with Crippen LogP contribution in [0.4, 0.5) is 5.69 Å². The number of hydrogen-bond acceptors (Lipinski definition) is 2. The van der Waals surface area contributed by atoms with Crippen molar-refractivity contribution in [3.63, 3.8) is 0 Å². The molecule has 1 aromatic carbocycles. The minimum atomic E-state index is 0.374. The molecule has 1 aromatic rings. The number of carbonyl (C=O) groups excluding carboxylic acids is 1. The Balaban J connectivity index is 2.48. The van der Waals surface area contributed by atoms with Crippen LogP contribution in [0.1, 0.15) is 46.0 Å². The van der Waals surface area contributed by atoms with Gasteiger partial charge in [0.2, 0.25) is 0 Å². The number of ketones is 1. The van der Waals surface area contributed by atoms with Crippen LogP contribution >= 0.6 is 0 Å². The number of rotatable bonds is 9. The van der Waals surface area contributed by atoms with Crippen molar-refractivity contribution in [2.45, 2.75) is 46.0 Å².